The van der Waals surface area contributed by atoms with Crippen molar-refractivity contribution in [1.29, 1.82) is 0 Å². The number of carbonyl (C=O) groups is 1. The van der Waals surface area contributed by atoms with E-state index in [1.165, 1.54) is 12.8 Å². The van der Waals surface area contributed by atoms with Gasteiger partial charge >= 0.3 is 5.97 Å². The number of nitrogens with zero attached hydrogens (tertiary/aromatic N) is 2. The van der Waals surface area contributed by atoms with Gasteiger partial charge in [-0.05, 0) is 32.0 Å². The molecule has 1 aromatic heterocycles. The second-order valence-corrected chi connectivity index (χ2v) is 5.29. The first-order chi connectivity index (χ1) is 8.74. The molecular weight excluding hydrogens is 228 g/mol. The maximum absolute atomic E-state index is 12.0. The summed E-state index contributed by atoms with van der Waals surface area (Å²) in [5.74, 6) is -0.216. The lowest BCUT2D eigenvalue weighted by Gasteiger charge is -2.35. The molecule has 4 nitrogen and oxygen atoms in total. The van der Waals surface area contributed by atoms with Gasteiger partial charge in [0.1, 0.15) is 6.10 Å². The Hall–Kier alpha value is -1.42. The zero-order valence-corrected chi connectivity index (χ0v) is 10.6. The number of aromatic nitrogens is 1. The van der Waals surface area contributed by atoms with Crippen LogP contribution < -0.4 is 0 Å². The summed E-state index contributed by atoms with van der Waals surface area (Å²) in [5.41, 5.74) is 0.594. The minimum atomic E-state index is -0.216. The van der Waals surface area contributed by atoms with Crippen molar-refractivity contribution in [2.45, 2.75) is 43.9 Å². The summed E-state index contributed by atoms with van der Waals surface area (Å²) in [6, 6.07) is 4.59. The smallest absolute Gasteiger partial charge is 0.338 e. The van der Waals surface area contributed by atoms with Crippen LogP contribution in [0.25, 0.3) is 0 Å². The van der Waals surface area contributed by atoms with Gasteiger partial charge < -0.3 is 9.64 Å². The Balaban J connectivity index is 1.63. The van der Waals surface area contributed by atoms with E-state index in [1.54, 1.807) is 24.5 Å². The van der Waals surface area contributed by atoms with Crippen molar-refractivity contribution < 1.29 is 9.53 Å². The van der Waals surface area contributed by atoms with Crippen LogP contribution >= 0.6 is 0 Å². The average molecular weight is 246 g/mol. The highest BCUT2D eigenvalue weighted by atomic mass is 16.5. The van der Waals surface area contributed by atoms with Gasteiger partial charge in [0.05, 0.1) is 5.56 Å². The number of rotatable bonds is 2. The van der Waals surface area contributed by atoms with Gasteiger partial charge in [0.15, 0.2) is 0 Å². The molecule has 2 bridgehead atoms. The molecule has 96 valence electrons. The lowest BCUT2D eigenvalue weighted by molar-refractivity contribution is -0.000458. The lowest BCUT2D eigenvalue weighted by Crippen LogP contribution is -2.43. The third kappa shape index (κ3) is 2.12. The van der Waals surface area contributed by atoms with E-state index in [2.05, 4.69) is 16.9 Å². The third-order valence-electron chi connectivity index (χ3n) is 4.24. The monoisotopic (exact) mass is 246 g/mol. The van der Waals surface area contributed by atoms with E-state index >= 15 is 0 Å². The molecule has 3 rings (SSSR count). The van der Waals surface area contributed by atoms with Gasteiger partial charge in [-0.2, -0.15) is 0 Å². The molecule has 1 aromatic rings. The Bertz CT molecular complexity index is 421. The van der Waals surface area contributed by atoms with Crippen LogP contribution in [-0.4, -0.2) is 41.1 Å². The van der Waals surface area contributed by atoms with E-state index in [9.17, 15) is 4.79 Å². The van der Waals surface area contributed by atoms with Crippen LogP contribution in [0.3, 0.4) is 0 Å². The standard InChI is InChI=1S/C14H18N2O2/c1-16-11-2-3-12(16)9-13(8-11)18-14(17)10-4-6-15-7-5-10/h4-7,11-13H,2-3,8-9H2,1H3/t11-,12+,13?. The number of pyridine rings is 1. The SMILES string of the molecule is CN1[C@@H]2CC[C@H]1CC(OC(=O)c1ccncc1)C2. The van der Waals surface area contributed by atoms with Crippen molar-refractivity contribution in [1.82, 2.24) is 9.88 Å². The first kappa shape index (κ1) is 11.7. The first-order valence-electron chi connectivity index (χ1n) is 6.57. The molecule has 0 aromatic carbocycles. The quantitative estimate of drug-likeness (QED) is 0.747. The lowest BCUT2D eigenvalue weighted by atomic mass is 10.0. The molecule has 0 amide bonds. The van der Waals surface area contributed by atoms with Gasteiger partial charge in [-0.1, -0.05) is 0 Å². The molecule has 2 fully saturated rings. The number of hydrogen-bond donors (Lipinski definition) is 0. The highest BCUT2D eigenvalue weighted by Gasteiger charge is 2.39. The fraction of sp³-hybridized carbons (Fsp3) is 0.571. The molecule has 0 N–H and O–H groups in total. The molecular formula is C14H18N2O2. The third-order valence-corrected chi connectivity index (χ3v) is 4.24. The highest BCUT2D eigenvalue weighted by molar-refractivity contribution is 5.89. The minimum Gasteiger partial charge on any atom is -0.459 e. The molecule has 4 heteroatoms. The van der Waals surface area contributed by atoms with E-state index < -0.39 is 0 Å². The van der Waals surface area contributed by atoms with E-state index in [-0.39, 0.29) is 12.1 Å². The Morgan fingerprint density at radius 2 is 1.89 bits per heavy atom. The molecule has 3 atom stereocenters. The Morgan fingerprint density at radius 1 is 1.28 bits per heavy atom. The van der Waals surface area contributed by atoms with Crippen LogP contribution in [-0.2, 0) is 4.74 Å². The molecule has 0 radical (unpaired) electrons. The summed E-state index contributed by atoms with van der Waals surface area (Å²) < 4.78 is 5.61. The number of fused-ring (bicyclic) bond motifs is 2. The fourth-order valence-electron chi connectivity index (χ4n) is 3.17. The molecule has 2 aliphatic heterocycles. The molecule has 2 aliphatic rings. The van der Waals surface area contributed by atoms with Gasteiger partial charge in [0.2, 0.25) is 0 Å². The average Bonchev–Trinajstić information content (AvgIpc) is 2.63. The number of esters is 1. The summed E-state index contributed by atoms with van der Waals surface area (Å²) in [5, 5.41) is 0. The first-order valence-corrected chi connectivity index (χ1v) is 6.57. The zero-order valence-electron chi connectivity index (χ0n) is 10.6. The normalized spacial score (nSPS) is 31.3. The number of carbonyl (C=O) groups excluding carboxylic acids is 1. The predicted octanol–water partition coefficient (Wildman–Crippen LogP) is 1.86. The number of hydrogen-bond acceptors (Lipinski definition) is 4. The van der Waals surface area contributed by atoms with E-state index in [4.69, 9.17) is 4.74 Å². The Labute approximate surface area is 107 Å². The van der Waals surface area contributed by atoms with E-state index in [0.29, 0.717) is 17.6 Å². The van der Waals surface area contributed by atoms with E-state index in [0.717, 1.165) is 12.8 Å². The summed E-state index contributed by atoms with van der Waals surface area (Å²) in [6.45, 7) is 0. The van der Waals surface area contributed by atoms with Crippen LogP contribution in [0.15, 0.2) is 24.5 Å². The molecule has 18 heavy (non-hydrogen) atoms. The fourth-order valence-corrected chi connectivity index (χ4v) is 3.17. The second-order valence-electron chi connectivity index (χ2n) is 5.29. The van der Waals surface area contributed by atoms with Gasteiger partial charge in [-0.25, -0.2) is 4.79 Å². The molecule has 0 spiro atoms. The largest absolute Gasteiger partial charge is 0.459 e. The maximum atomic E-state index is 12.0. The predicted molar refractivity (Wildman–Crippen MR) is 67.2 cm³/mol. The Morgan fingerprint density at radius 3 is 2.50 bits per heavy atom. The van der Waals surface area contributed by atoms with Crippen LogP contribution in [0.2, 0.25) is 0 Å². The van der Waals surface area contributed by atoms with Crippen LogP contribution in [0.1, 0.15) is 36.0 Å². The number of piperidine rings is 1. The molecule has 3 heterocycles. The van der Waals surface area contributed by atoms with Gasteiger partial charge in [-0.3, -0.25) is 4.98 Å². The molecule has 0 saturated carbocycles. The minimum absolute atomic E-state index is 0.0827. The van der Waals surface area contributed by atoms with Crippen LogP contribution in [0.5, 0.6) is 0 Å². The highest BCUT2D eigenvalue weighted by Crippen LogP contribution is 2.35. The van der Waals surface area contributed by atoms with Gasteiger partial charge in [0, 0.05) is 37.3 Å². The summed E-state index contributed by atoms with van der Waals surface area (Å²) >= 11 is 0. The van der Waals surface area contributed by atoms with Crippen molar-refractivity contribution >= 4 is 5.97 Å². The van der Waals surface area contributed by atoms with Crippen molar-refractivity contribution in [3.05, 3.63) is 30.1 Å². The number of ether oxygens (including phenoxy) is 1. The molecule has 0 aliphatic carbocycles. The van der Waals surface area contributed by atoms with Gasteiger partial charge in [0.25, 0.3) is 0 Å². The zero-order chi connectivity index (χ0) is 12.5. The van der Waals surface area contributed by atoms with Crippen LogP contribution in [0.4, 0.5) is 0 Å². The van der Waals surface area contributed by atoms with Crippen molar-refractivity contribution in [2.24, 2.45) is 0 Å². The maximum Gasteiger partial charge on any atom is 0.338 e. The topological polar surface area (TPSA) is 42.4 Å². The molecule has 1 unspecified atom stereocenters. The second kappa shape index (κ2) is 4.69. The van der Waals surface area contributed by atoms with E-state index in [1.807, 2.05) is 0 Å². The summed E-state index contributed by atoms with van der Waals surface area (Å²) in [4.78, 5) is 18.3. The summed E-state index contributed by atoms with van der Waals surface area (Å²) in [7, 11) is 2.18. The van der Waals surface area contributed by atoms with Crippen molar-refractivity contribution in [3.63, 3.8) is 0 Å². The van der Waals surface area contributed by atoms with Gasteiger partial charge in [-0.15, -0.1) is 0 Å². The van der Waals surface area contributed by atoms with Crippen molar-refractivity contribution in [3.8, 4) is 0 Å². The summed E-state index contributed by atoms with van der Waals surface area (Å²) in [6.07, 6.45) is 7.76. The Kier molecular flexibility index (Phi) is 3.04. The van der Waals surface area contributed by atoms with Crippen molar-refractivity contribution in [2.75, 3.05) is 7.05 Å². The molecule has 2 saturated heterocycles. The van der Waals surface area contributed by atoms with Crippen LogP contribution in [0, 0.1) is 0 Å².